The van der Waals surface area contributed by atoms with Crippen molar-refractivity contribution in [2.75, 3.05) is 19.6 Å². The molecule has 0 bridgehead atoms. The fraction of sp³-hybridized carbons (Fsp3) is 1.00. The van der Waals surface area contributed by atoms with Gasteiger partial charge in [-0.05, 0) is 49.6 Å². The Labute approximate surface area is 108 Å². The van der Waals surface area contributed by atoms with Gasteiger partial charge in [-0.2, -0.15) is 0 Å². The molecule has 0 radical (unpaired) electrons. The van der Waals surface area contributed by atoms with Crippen LogP contribution >= 0.6 is 0 Å². The van der Waals surface area contributed by atoms with E-state index in [4.69, 9.17) is 5.73 Å². The van der Waals surface area contributed by atoms with Gasteiger partial charge >= 0.3 is 0 Å². The third kappa shape index (κ3) is 4.26. The lowest BCUT2D eigenvalue weighted by Gasteiger charge is -2.42. The van der Waals surface area contributed by atoms with Crippen LogP contribution in [0, 0.1) is 17.3 Å². The molecule has 0 heterocycles. The predicted molar refractivity (Wildman–Crippen MR) is 76.0 cm³/mol. The maximum Gasteiger partial charge on any atom is 0.00981 e. The molecule has 1 saturated carbocycles. The number of nitrogens with zero attached hydrogens (tertiary/aromatic N) is 1. The highest BCUT2D eigenvalue weighted by molar-refractivity contribution is 4.84. The average molecular weight is 240 g/mol. The van der Waals surface area contributed by atoms with Crippen LogP contribution in [0.4, 0.5) is 0 Å². The van der Waals surface area contributed by atoms with Crippen LogP contribution in [-0.4, -0.2) is 30.6 Å². The van der Waals surface area contributed by atoms with Crippen molar-refractivity contribution < 1.29 is 0 Å². The summed E-state index contributed by atoms with van der Waals surface area (Å²) < 4.78 is 0. The third-order valence-electron chi connectivity index (χ3n) is 4.68. The standard InChI is InChI=1S/C15H32N2/c1-6-17(11-15(4,5)10-16)14-8-7-12(2)13(3)9-14/h12-14H,6-11,16H2,1-5H3. The summed E-state index contributed by atoms with van der Waals surface area (Å²) in [5, 5.41) is 0. The summed E-state index contributed by atoms with van der Waals surface area (Å²) >= 11 is 0. The Morgan fingerprint density at radius 1 is 1.18 bits per heavy atom. The second-order valence-electron chi connectivity index (χ2n) is 6.85. The lowest BCUT2D eigenvalue weighted by molar-refractivity contribution is 0.0808. The Hall–Kier alpha value is -0.0800. The molecule has 0 amide bonds. The fourth-order valence-corrected chi connectivity index (χ4v) is 2.96. The van der Waals surface area contributed by atoms with Gasteiger partial charge in [0.2, 0.25) is 0 Å². The average Bonchev–Trinajstić information content (AvgIpc) is 2.30. The van der Waals surface area contributed by atoms with Gasteiger partial charge in [-0.3, -0.25) is 0 Å². The maximum absolute atomic E-state index is 5.86. The number of hydrogen-bond donors (Lipinski definition) is 1. The van der Waals surface area contributed by atoms with E-state index in [2.05, 4.69) is 39.5 Å². The summed E-state index contributed by atoms with van der Waals surface area (Å²) in [5.74, 6) is 1.79. The first-order chi connectivity index (χ1) is 7.89. The van der Waals surface area contributed by atoms with Crippen LogP contribution in [0.3, 0.4) is 0 Å². The van der Waals surface area contributed by atoms with Crippen LogP contribution in [0.15, 0.2) is 0 Å². The van der Waals surface area contributed by atoms with E-state index >= 15 is 0 Å². The summed E-state index contributed by atoms with van der Waals surface area (Å²) in [7, 11) is 0. The van der Waals surface area contributed by atoms with Crippen molar-refractivity contribution in [1.82, 2.24) is 4.90 Å². The molecule has 0 aromatic rings. The fourth-order valence-electron chi connectivity index (χ4n) is 2.96. The molecule has 1 aliphatic carbocycles. The van der Waals surface area contributed by atoms with Gasteiger partial charge in [0.05, 0.1) is 0 Å². The van der Waals surface area contributed by atoms with Crippen LogP contribution in [-0.2, 0) is 0 Å². The van der Waals surface area contributed by atoms with Gasteiger partial charge in [0.25, 0.3) is 0 Å². The number of rotatable bonds is 5. The van der Waals surface area contributed by atoms with Gasteiger partial charge in [-0.1, -0.05) is 34.6 Å². The van der Waals surface area contributed by atoms with E-state index in [1.807, 2.05) is 0 Å². The quantitative estimate of drug-likeness (QED) is 0.800. The van der Waals surface area contributed by atoms with E-state index in [1.54, 1.807) is 0 Å². The largest absolute Gasteiger partial charge is 0.330 e. The summed E-state index contributed by atoms with van der Waals surface area (Å²) in [5.41, 5.74) is 6.11. The molecular formula is C15H32N2. The number of nitrogens with two attached hydrogens (primary N) is 1. The smallest absolute Gasteiger partial charge is 0.00981 e. The Kier molecular flexibility index (Phi) is 5.46. The van der Waals surface area contributed by atoms with Crippen molar-refractivity contribution in [3.8, 4) is 0 Å². The minimum atomic E-state index is 0.252. The molecule has 1 fully saturated rings. The van der Waals surface area contributed by atoms with E-state index in [0.29, 0.717) is 0 Å². The summed E-state index contributed by atoms with van der Waals surface area (Å²) in [6.45, 7) is 14.8. The molecule has 0 aliphatic heterocycles. The normalized spacial score (nSPS) is 30.9. The van der Waals surface area contributed by atoms with Crippen LogP contribution in [0.1, 0.15) is 53.9 Å². The first kappa shape index (κ1) is 15.0. The molecule has 1 rings (SSSR count). The zero-order valence-electron chi connectivity index (χ0n) is 12.5. The van der Waals surface area contributed by atoms with E-state index in [0.717, 1.165) is 37.5 Å². The van der Waals surface area contributed by atoms with Crippen LogP contribution in [0.25, 0.3) is 0 Å². The lowest BCUT2D eigenvalue weighted by atomic mass is 9.78. The monoisotopic (exact) mass is 240 g/mol. The predicted octanol–water partition coefficient (Wildman–Crippen LogP) is 3.12. The van der Waals surface area contributed by atoms with Crippen molar-refractivity contribution in [1.29, 1.82) is 0 Å². The van der Waals surface area contributed by atoms with Crippen LogP contribution in [0.2, 0.25) is 0 Å². The van der Waals surface area contributed by atoms with Crippen LogP contribution < -0.4 is 5.73 Å². The van der Waals surface area contributed by atoms with Crippen molar-refractivity contribution in [3.05, 3.63) is 0 Å². The minimum absolute atomic E-state index is 0.252. The minimum Gasteiger partial charge on any atom is -0.330 e. The molecule has 1 aliphatic rings. The molecule has 17 heavy (non-hydrogen) atoms. The maximum atomic E-state index is 5.86. The van der Waals surface area contributed by atoms with Gasteiger partial charge in [0.1, 0.15) is 0 Å². The molecule has 2 nitrogen and oxygen atoms in total. The molecule has 3 unspecified atom stereocenters. The second kappa shape index (κ2) is 6.19. The van der Waals surface area contributed by atoms with E-state index in [9.17, 15) is 0 Å². The highest BCUT2D eigenvalue weighted by Gasteiger charge is 2.30. The van der Waals surface area contributed by atoms with E-state index in [1.165, 1.54) is 19.3 Å². The van der Waals surface area contributed by atoms with Gasteiger partial charge < -0.3 is 10.6 Å². The SMILES string of the molecule is CCN(CC(C)(C)CN)C1CCC(C)C(C)C1. The van der Waals surface area contributed by atoms with Crippen LogP contribution in [0.5, 0.6) is 0 Å². The Morgan fingerprint density at radius 3 is 2.29 bits per heavy atom. The molecule has 0 saturated heterocycles. The first-order valence-corrected chi connectivity index (χ1v) is 7.33. The molecule has 2 N–H and O–H groups in total. The molecule has 102 valence electrons. The molecular weight excluding hydrogens is 208 g/mol. The molecule has 0 aromatic carbocycles. The highest BCUT2D eigenvalue weighted by Crippen LogP contribution is 2.33. The summed E-state index contributed by atoms with van der Waals surface area (Å²) in [4.78, 5) is 2.66. The van der Waals surface area contributed by atoms with Gasteiger partial charge in [0.15, 0.2) is 0 Å². The first-order valence-electron chi connectivity index (χ1n) is 7.33. The Bertz CT molecular complexity index is 225. The highest BCUT2D eigenvalue weighted by atomic mass is 15.2. The third-order valence-corrected chi connectivity index (χ3v) is 4.68. The van der Waals surface area contributed by atoms with Gasteiger partial charge in [-0.25, -0.2) is 0 Å². The Morgan fingerprint density at radius 2 is 1.82 bits per heavy atom. The molecule has 3 atom stereocenters. The lowest BCUT2D eigenvalue weighted by Crippen LogP contribution is -2.46. The van der Waals surface area contributed by atoms with Gasteiger partial charge in [-0.15, -0.1) is 0 Å². The topological polar surface area (TPSA) is 29.3 Å². The van der Waals surface area contributed by atoms with E-state index < -0.39 is 0 Å². The second-order valence-corrected chi connectivity index (χ2v) is 6.85. The van der Waals surface area contributed by atoms with Gasteiger partial charge in [0, 0.05) is 12.6 Å². The number of hydrogen-bond acceptors (Lipinski definition) is 2. The molecule has 0 aromatic heterocycles. The van der Waals surface area contributed by atoms with Crippen molar-refractivity contribution in [3.63, 3.8) is 0 Å². The van der Waals surface area contributed by atoms with Crippen molar-refractivity contribution in [2.45, 2.75) is 59.9 Å². The van der Waals surface area contributed by atoms with Crippen molar-refractivity contribution in [2.24, 2.45) is 23.0 Å². The zero-order chi connectivity index (χ0) is 13.1. The summed E-state index contributed by atoms with van der Waals surface area (Å²) in [6, 6.07) is 0.789. The summed E-state index contributed by atoms with van der Waals surface area (Å²) in [6.07, 6.45) is 4.14. The molecule has 2 heteroatoms. The van der Waals surface area contributed by atoms with E-state index in [-0.39, 0.29) is 5.41 Å². The van der Waals surface area contributed by atoms with Crippen molar-refractivity contribution >= 4 is 0 Å². The zero-order valence-corrected chi connectivity index (χ0v) is 12.5. The molecule has 0 spiro atoms. The Balaban J connectivity index is 2.56.